The molecule has 1 amide bonds. The first-order chi connectivity index (χ1) is 16.2. The summed E-state index contributed by atoms with van der Waals surface area (Å²) in [4.78, 5) is 24.8. The number of anilines is 2. The molecule has 0 saturated heterocycles. The predicted octanol–water partition coefficient (Wildman–Crippen LogP) is 4.57. The summed E-state index contributed by atoms with van der Waals surface area (Å²) in [7, 11) is 0. The highest BCUT2D eigenvalue weighted by Crippen LogP contribution is 2.23. The van der Waals surface area contributed by atoms with E-state index in [1.165, 1.54) is 6.07 Å². The maximum atomic E-state index is 12.5. The molecule has 12 heteroatoms. The normalized spacial score (nSPS) is 12.4. The highest BCUT2D eigenvalue weighted by atomic mass is 19.4. The molecule has 2 N–H and O–H groups in total. The molecule has 0 aliphatic carbocycles. The van der Waals surface area contributed by atoms with Gasteiger partial charge in [0.15, 0.2) is 0 Å². The minimum absolute atomic E-state index is 0.0844. The molecule has 0 bridgehead atoms. The number of fused-ring (bicyclic) bond motifs is 1. The standard InChI is InChI=1S/C22H20F3N7O2/c1-3-32-12-17-20(31-32)30-18(11-26-17)28-13(2)14-5-4-6-16(9-14)29-21(33)15-7-8-19(27-10-15)34-22(23,24)25/h4-13H,3H2,1-2H3,(H,29,33)(H,28,30,31)/t13-/m0/s1. The van der Waals surface area contributed by atoms with Crippen LogP contribution >= 0.6 is 0 Å². The van der Waals surface area contributed by atoms with Crippen LogP contribution < -0.4 is 15.4 Å². The Balaban J connectivity index is 1.42. The van der Waals surface area contributed by atoms with Crippen molar-refractivity contribution in [2.45, 2.75) is 32.8 Å². The van der Waals surface area contributed by atoms with Crippen LogP contribution in [0.4, 0.5) is 24.7 Å². The highest BCUT2D eigenvalue weighted by molar-refractivity contribution is 6.04. The lowest BCUT2D eigenvalue weighted by Crippen LogP contribution is -2.18. The summed E-state index contributed by atoms with van der Waals surface area (Å²) in [6.07, 6.45) is -0.380. The fraction of sp³-hybridized carbons (Fsp3) is 0.227. The molecule has 176 valence electrons. The number of nitrogens with zero attached hydrogens (tertiary/aromatic N) is 5. The molecule has 9 nitrogen and oxygen atoms in total. The molecular weight excluding hydrogens is 451 g/mol. The van der Waals surface area contributed by atoms with E-state index >= 15 is 0 Å². The number of carbonyl (C=O) groups excluding carboxylic acids is 1. The summed E-state index contributed by atoms with van der Waals surface area (Å²) < 4.78 is 42.2. The Hall–Kier alpha value is -4.22. The number of aryl methyl sites for hydroxylation is 1. The lowest BCUT2D eigenvalue weighted by atomic mass is 10.1. The summed E-state index contributed by atoms with van der Waals surface area (Å²) in [5, 5.41) is 10.3. The van der Waals surface area contributed by atoms with Gasteiger partial charge < -0.3 is 15.4 Å². The van der Waals surface area contributed by atoms with E-state index in [2.05, 4.69) is 35.4 Å². The maximum Gasteiger partial charge on any atom is 0.574 e. The van der Waals surface area contributed by atoms with Crippen LogP contribution in [0.5, 0.6) is 5.88 Å². The highest BCUT2D eigenvalue weighted by Gasteiger charge is 2.31. The number of amides is 1. The molecule has 34 heavy (non-hydrogen) atoms. The van der Waals surface area contributed by atoms with E-state index in [4.69, 9.17) is 0 Å². The molecule has 3 aromatic heterocycles. The molecule has 4 aromatic rings. The number of pyridine rings is 1. The molecule has 3 heterocycles. The molecule has 0 unspecified atom stereocenters. The smallest absolute Gasteiger partial charge is 0.388 e. The van der Waals surface area contributed by atoms with Crippen molar-refractivity contribution in [3.8, 4) is 5.88 Å². The summed E-state index contributed by atoms with van der Waals surface area (Å²) in [5.74, 6) is -0.608. The summed E-state index contributed by atoms with van der Waals surface area (Å²) in [6.45, 7) is 4.63. The average molecular weight is 471 g/mol. The fourth-order valence-corrected chi connectivity index (χ4v) is 3.16. The van der Waals surface area contributed by atoms with Gasteiger partial charge >= 0.3 is 6.36 Å². The number of carbonyl (C=O) groups is 1. The summed E-state index contributed by atoms with van der Waals surface area (Å²) >= 11 is 0. The first-order valence-electron chi connectivity index (χ1n) is 10.3. The number of hydrogen-bond acceptors (Lipinski definition) is 7. The Bertz CT molecular complexity index is 1310. The number of ether oxygens (including phenoxy) is 1. The van der Waals surface area contributed by atoms with Gasteiger partial charge in [0.05, 0.1) is 24.0 Å². The number of halogens is 3. The molecule has 1 atom stereocenters. The fourth-order valence-electron chi connectivity index (χ4n) is 3.16. The second kappa shape index (κ2) is 9.33. The van der Waals surface area contributed by atoms with Crippen LogP contribution in [-0.4, -0.2) is 37.0 Å². The summed E-state index contributed by atoms with van der Waals surface area (Å²) in [6, 6.07) is 9.15. The number of aromatic nitrogens is 5. The van der Waals surface area contributed by atoms with Gasteiger partial charge in [-0.2, -0.15) is 5.10 Å². The zero-order valence-corrected chi connectivity index (χ0v) is 18.2. The topological polar surface area (TPSA) is 107 Å². The molecule has 0 fully saturated rings. The van der Waals surface area contributed by atoms with Crippen LogP contribution in [-0.2, 0) is 6.54 Å². The largest absolute Gasteiger partial charge is 0.574 e. The second-order valence-corrected chi connectivity index (χ2v) is 7.33. The SMILES string of the molecule is CCn1cc2ncc(N[C@@H](C)c3cccc(NC(=O)c4ccc(OC(F)(F)F)nc4)c3)nc2n1. The minimum atomic E-state index is -4.85. The van der Waals surface area contributed by atoms with Crippen LogP contribution in [0.1, 0.15) is 35.8 Å². The van der Waals surface area contributed by atoms with E-state index in [1.54, 1.807) is 29.1 Å². The van der Waals surface area contributed by atoms with Gasteiger partial charge in [0.25, 0.3) is 5.91 Å². The Morgan fingerprint density at radius 3 is 2.71 bits per heavy atom. The molecule has 0 saturated carbocycles. The van der Waals surface area contributed by atoms with Crippen LogP contribution in [0.2, 0.25) is 0 Å². The van der Waals surface area contributed by atoms with Crippen molar-refractivity contribution in [2.75, 3.05) is 10.6 Å². The zero-order chi connectivity index (χ0) is 24.3. The third-order valence-corrected chi connectivity index (χ3v) is 4.83. The molecular formula is C22H20F3N7O2. The number of benzene rings is 1. The van der Waals surface area contributed by atoms with E-state index in [-0.39, 0.29) is 11.6 Å². The monoisotopic (exact) mass is 471 g/mol. The Morgan fingerprint density at radius 2 is 2.00 bits per heavy atom. The summed E-state index contributed by atoms with van der Waals surface area (Å²) in [5.41, 5.74) is 2.71. The third-order valence-electron chi connectivity index (χ3n) is 4.83. The van der Waals surface area contributed by atoms with E-state index in [9.17, 15) is 18.0 Å². The van der Waals surface area contributed by atoms with E-state index < -0.39 is 18.1 Å². The predicted molar refractivity (Wildman–Crippen MR) is 118 cm³/mol. The molecule has 1 aromatic carbocycles. The van der Waals surface area contributed by atoms with Gasteiger partial charge in [-0.25, -0.2) is 15.0 Å². The number of nitrogens with one attached hydrogen (secondary N) is 2. The number of hydrogen-bond donors (Lipinski definition) is 2. The lowest BCUT2D eigenvalue weighted by Gasteiger charge is -2.16. The van der Waals surface area contributed by atoms with Gasteiger partial charge in [-0.15, -0.1) is 13.2 Å². The van der Waals surface area contributed by atoms with Gasteiger partial charge in [0.1, 0.15) is 11.3 Å². The van der Waals surface area contributed by atoms with Crippen molar-refractivity contribution >= 4 is 28.6 Å². The van der Waals surface area contributed by atoms with E-state index in [0.717, 1.165) is 24.4 Å². The van der Waals surface area contributed by atoms with Crippen molar-refractivity contribution in [3.05, 3.63) is 66.1 Å². The zero-order valence-electron chi connectivity index (χ0n) is 18.2. The molecule has 0 aliphatic heterocycles. The van der Waals surface area contributed by atoms with Gasteiger partial charge in [0, 0.05) is 24.5 Å². The molecule has 0 aliphatic rings. The van der Waals surface area contributed by atoms with E-state index in [0.29, 0.717) is 22.7 Å². The third kappa shape index (κ3) is 5.57. The van der Waals surface area contributed by atoms with Crippen LogP contribution in [0.3, 0.4) is 0 Å². The van der Waals surface area contributed by atoms with Gasteiger partial charge in [-0.1, -0.05) is 12.1 Å². The van der Waals surface area contributed by atoms with Gasteiger partial charge in [-0.3, -0.25) is 9.48 Å². The maximum absolute atomic E-state index is 12.5. The second-order valence-electron chi connectivity index (χ2n) is 7.33. The minimum Gasteiger partial charge on any atom is -0.388 e. The van der Waals surface area contributed by atoms with Crippen molar-refractivity contribution < 1.29 is 22.7 Å². The molecule has 4 rings (SSSR count). The Morgan fingerprint density at radius 1 is 1.18 bits per heavy atom. The average Bonchev–Trinajstić information content (AvgIpc) is 3.21. The number of rotatable bonds is 7. The van der Waals surface area contributed by atoms with E-state index in [1.807, 2.05) is 26.1 Å². The molecule has 0 radical (unpaired) electrons. The first-order valence-corrected chi connectivity index (χ1v) is 10.3. The van der Waals surface area contributed by atoms with Crippen molar-refractivity contribution in [3.63, 3.8) is 0 Å². The van der Waals surface area contributed by atoms with Crippen LogP contribution in [0, 0.1) is 0 Å². The van der Waals surface area contributed by atoms with Crippen LogP contribution in [0.15, 0.2) is 55.0 Å². The Kier molecular flexibility index (Phi) is 6.30. The van der Waals surface area contributed by atoms with Gasteiger partial charge in [0.2, 0.25) is 11.5 Å². The quantitative estimate of drug-likeness (QED) is 0.407. The van der Waals surface area contributed by atoms with Gasteiger partial charge in [-0.05, 0) is 37.6 Å². The van der Waals surface area contributed by atoms with Crippen molar-refractivity contribution in [2.24, 2.45) is 0 Å². The first kappa shape index (κ1) is 23.0. The molecule has 0 spiro atoms. The number of alkyl halides is 3. The Labute approximate surface area is 192 Å². The van der Waals surface area contributed by atoms with Crippen molar-refractivity contribution in [1.29, 1.82) is 0 Å². The lowest BCUT2D eigenvalue weighted by molar-refractivity contribution is -0.276. The van der Waals surface area contributed by atoms with Crippen molar-refractivity contribution in [1.82, 2.24) is 24.7 Å². The van der Waals surface area contributed by atoms with Crippen LogP contribution in [0.25, 0.3) is 11.2 Å².